The zero-order valence-corrected chi connectivity index (χ0v) is 25.2. The molecule has 0 bridgehead atoms. The number of aromatic amines is 2. The Kier molecular flexibility index (Phi) is 9.08. The molecule has 0 unspecified atom stereocenters. The molecule has 0 aromatic carbocycles. The van der Waals surface area contributed by atoms with Crippen molar-refractivity contribution in [1.29, 1.82) is 0 Å². The first kappa shape index (κ1) is 31.1. The summed E-state index contributed by atoms with van der Waals surface area (Å²) in [5.41, 5.74) is 10.1. The molecule has 2 amide bonds. The maximum absolute atomic E-state index is 12.3. The molecule has 1 fully saturated rings. The topological polar surface area (TPSA) is 164 Å². The van der Waals surface area contributed by atoms with Crippen molar-refractivity contribution < 1.29 is 29.4 Å². The first-order chi connectivity index (χ1) is 20.4. The van der Waals surface area contributed by atoms with Gasteiger partial charge in [-0.1, -0.05) is 18.7 Å². The van der Waals surface area contributed by atoms with Crippen molar-refractivity contribution in [2.75, 3.05) is 0 Å². The second kappa shape index (κ2) is 12.6. The lowest BCUT2D eigenvalue weighted by atomic mass is 9.98. The second-order valence-electron chi connectivity index (χ2n) is 11.0. The van der Waals surface area contributed by atoms with E-state index in [1.165, 1.54) is 6.08 Å². The molecule has 2 aliphatic rings. The Morgan fingerprint density at radius 1 is 0.860 bits per heavy atom. The van der Waals surface area contributed by atoms with E-state index in [9.17, 15) is 29.4 Å². The number of H-pyrrole nitrogens is 2. The third-order valence-corrected chi connectivity index (χ3v) is 8.37. The number of hydrogen-bond donors (Lipinski definition) is 6. The molecule has 4 heterocycles. The van der Waals surface area contributed by atoms with Crippen LogP contribution in [0.25, 0.3) is 12.2 Å². The van der Waals surface area contributed by atoms with Gasteiger partial charge in [0, 0.05) is 59.0 Å². The number of rotatable bonds is 11. The zero-order chi connectivity index (χ0) is 31.6. The molecule has 10 nitrogen and oxygen atoms in total. The maximum atomic E-state index is 12.3. The van der Waals surface area contributed by atoms with Crippen molar-refractivity contribution >= 4 is 35.9 Å². The number of amides is 2. The smallest absolute Gasteiger partial charge is 0.303 e. The Labute approximate surface area is 250 Å². The van der Waals surface area contributed by atoms with Gasteiger partial charge in [0.15, 0.2) is 0 Å². The molecular formula is C33H38N4O6. The Hall–Kier alpha value is -4.86. The molecule has 0 radical (unpaired) electrons. The fourth-order valence-electron chi connectivity index (χ4n) is 5.84. The van der Waals surface area contributed by atoms with Crippen molar-refractivity contribution in [3.05, 3.63) is 91.9 Å². The lowest BCUT2D eigenvalue weighted by Crippen LogP contribution is -2.16. The molecule has 2 aliphatic heterocycles. The van der Waals surface area contributed by atoms with Crippen LogP contribution in [0.1, 0.15) is 78.6 Å². The van der Waals surface area contributed by atoms with Gasteiger partial charge in [-0.3, -0.25) is 19.2 Å². The van der Waals surface area contributed by atoms with E-state index >= 15 is 0 Å². The average Bonchev–Trinajstić information content (AvgIpc) is 3.59. The van der Waals surface area contributed by atoms with Crippen molar-refractivity contribution in [2.45, 2.75) is 66.7 Å². The Morgan fingerprint density at radius 2 is 1.37 bits per heavy atom. The van der Waals surface area contributed by atoms with Crippen LogP contribution in [0.2, 0.25) is 0 Å². The summed E-state index contributed by atoms with van der Waals surface area (Å²) in [4.78, 5) is 54.6. The van der Waals surface area contributed by atoms with Gasteiger partial charge in [0.25, 0.3) is 5.91 Å². The van der Waals surface area contributed by atoms with Gasteiger partial charge in [0.2, 0.25) is 5.91 Å². The summed E-state index contributed by atoms with van der Waals surface area (Å²) >= 11 is 0. The molecule has 0 spiro atoms. The highest BCUT2D eigenvalue weighted by Gasteiger charge is 2.29. The molecule has 10 heteroatoms. The summed E-state index contributed by atoms with van der Waals surface area (Å²) in [5.74, 6) is -2.40. The molecule has 226 valence electrons. The third-order valence-electron chi connectivity index (χ3n) is 8.37. The van der Waals surface area contributed by atoms with Crippen LogP contribution < -0.4 is 10.6 Å². The highest BCUT2D eigenvalue weighted by Crippen LogP contribution is 2.32. The molecule has 2 aromatic rings. The Balaban J connectivity index is 1.80. The minimum atomic E-state index is -0.914. The molecule has 4 rings (SSSR count). The molecule has 6 N–H and O–H groups in total. The van der Waals surface area contributed by atoms with Crippen LogP contribution in [0.3, 0.4) is 0 Å². The monoisotopic (exact) mass is 586 g/mol. The number of nitrogens with one attached hydrogen (secondary N) is 4. The normalized spacial score (nSPS) is 19.6. The molecule has 0 aliphatic carbocycles. The van der Waals surface area contributed by atoms with E-state index in [0.29, 0.717) is 36.2 Å². The van der Waals surface area contributed by atoms with Crippen LogP contribution in [-0.4, -0.2) is 43.9 Å². The van der Waals surface area contributed by atoms with Crippen molar-refractivity contribution in [2.24, 2.45) is 5.92 Å². The lowest BCUT2D eigenvalue weighted by molar-refractivity contribution is -0.138. The van der Waals surface area contributed by atoms with Gasteiger partial charge in [-0.2, -0.15) is 0 Å². The van der Waals surface area contributed by atoms with Gasteiger partial charge < -0.3 is 30.8 Å². The SMILES string of the molecule is C=CC1=C(C)/C(=C/c2[nH]c(Cc3[nH]c(/C=C4\NC(=O)[C@H](C)\C4=C\C)c(C)c3CCC(=O)O)c(CCC(=O)O)c2C)NC1=O. The zero-order valence-electron chi connectivity index (χ0n) is 25.2. The van der Waals surface area contributed by atoms with E-state index in [-0.39, 0.29) is 30.6 Å². The summed E-state index contributed by atoms with van der Waals surface area (Å²) in [6.45, 7) is 13.1. The number of carbonyl (C=O) groups is 4. The summed E-state index contributed by atoms with van der Waals surface area (Å²) in [6.07, 6.45) is 8.01. The second-order valence-corrected chi connectivity index (χ2v) is 11.0. The quantitative estimate of drug-likeness (QED) is 0.225. The number of aliphatic carboxylic acids is 2. The van der Waals surface area contributed by atoms with Crippen molar-refractivity contribution in [3.8, 4) is 0 Å². The highest BCUT2D eigenvalue weighted by molar-refractivity contribution is 6.03. The molecular weight excluding hydrogens is 548 g/mol. The first-order valence-corrected chi connectivity index (χ1v) is 14.3. The van der Waals surface area contributed by atoms with Gasteiger partial charge >= 0.3 is 11.9 Å². The van der Waals surface area contributed by atoms with Crippen LogP contribution in [0.4, 0.5) is 0 Å². The molecule has 43 heavy (non-hydrogen) atoms. The van der Waals surface area contributed by atoms with E-state index in [1.807, 2.05) is 52.8 Å². The van der Waals surface area contributed by atoms with Crippen molar-refractivity contribution in [1.82, 2.24) is 20.6 Å². The standard InChI is InChI=1S/C33H38N4O6/c1-7-20-19(6)32(42)37-27(20)14-25-18(5)23(10-12-31(40)41)29(35-25)15-28-22(9-11-30(38)39)17(4)24(34-28)13-26-16(3)21(8-2)33(43)36-26/h7-8,13-14,19,34-35H,2,9-12,15H2,1,3-6H3,(H,36,43)(H,37,42)(H,38,39)(H,40,41)/b20-7-,26-13-,27-14-/t19-/m1/s1. The minimum absolute atomic E-state index is 0.0560. The average molecular weight is 587 g/mol. The van der Waals surface area contributed by atoms with Gasteiger partial charge in [-0.25, -0.2) is 0 Å². The third kappa shape index (κ3) is 6.33. The number of carboxylic acids is 2. The van der Waals surface area contributed by atoms with E-state index in [0.717, 1.165) is 56.2 Å². The van der Waals surface area contributed by atoms with Crippen molar-refractivity contribution in [3.63, 3.8) is 0 Å². The summed E-state index contributed by atoms with van der Waals surface area (Å²) in [5, 5.41) is 24.7. The van der Waals surface area contributed by atoms with E-state index in [4.69, 9.17) is 0 Å². The summed E-state index contributed by atoms with van der Waals surface area (Å²) in [7, 11) is 0. The molecule has 1 atom stereocenters. The van der Waals surface area contributed by atoms with Crippen LogP contribution >= 0.6 is 0 Å². The maximum Gasteiger partial charge on any atom is 0.303 e. The fraction of sp³-hybridized carbons (Fsp3) is 0.333. The summed E-state index contributed by atoms with van der Waals surface area (Å²) in [6, 6.07) is 0. The molecule has 0 saturated carbocycles. The van der Waals surface area contributed by atoms with Crippen LogP contribution in [-0.2, 0) is 38.4 Å². The number of aromatic nitrogens is 2. The first-order valence-electron chi connectivity index (χ1n) is 14.3. The summed E-state index contributed by atoms with van der Waals surface area (Å²) < 4.78 is 0. The van der Waals surface area contributed by atoms with Crippen LogP contribution in [0.5, 0.6) is 0 Å². The lowest BCUT2D eigenvalue weighted by Gasteiger charge is -2.07. The number of hydrogen-bond acceptors (Lipinski definition) is 4. The van der Waals surface area contributed by atoms with Gasteiger partial charge in [0.05, 0.1) is 5.92 Å². The van der Waals surface area contributed by atoms with E-state index in [2.05, 4.69) is 27.2 Å². The minimum Gasteiger partial charge on any atom is -0.481 e. The van der Waals surface area contributed by atoms with Gasteiger partial charge in [-0.15, -0.1) is 0 Å². The van der Waals surface area contributed by atoms with Gasteiger partial charge in [-0.05, 0) is 93.0 Å². The Bertz CT molecular complexity index is 1590. The van der Waals surface area contributed by atoms with Crippen LogP contribution in [0.15, 0.2) is 46.8 Å². The molecule has 1 saturated heterocycles. The van der Waals surface area contributed by atoms with E-state index < -0.39 is 11.9 Å². The van der Waals surface area contributed by atoms with Gasteiger partial charge in [0.1, 0.15) is 0 Å². The largest absolute Gasteiger partial charge is 0.481 e. The number of carboxylic acid groups (broad SMARTS) is 2. The Morgan fingerprint density at radius 3 is 1.81 bits per heavy atom. The predicted octanol–water partition coefficient (Wildman–Crippen LogP) is 4.61. The predicted molar refractivity (Wildman–Crippen MR) is 164 cm³/mol. The molecule has 2 aromatic heterocycles. The number of allylic oxidation sites excluding steroid dienone is 3. The fourth-order valence-corrected chi connectivity index (χ4v) is 5.84. The highest BCUT2D eigenvalue weighted by atomic mass is 16.4. The number of carbonyl (C=O) groups excluding carboxylic acids is 2. The van der Waals surface area contributed by atoms with E-state index in [1.54, 1.807) is 0 Å². The van der Waals surface area contributed by atoms with Crippen LogP contribution in [0, 0.1) is 19.8 Å².